The average molecular weight is 219 g/mol. The Morgan fingerprint density at radius 3 is 2.88 bits per heavy atom. The molecule has 0 aliphatic carbocycles. The molecule has 16 heavy (non-hydrogen) atoms. The first kappa shape index (κ1) is 10.5. The average Bonchev–Trinajstić information content (AvgIpc) is 2.75. The van der Waals surface area contributed by atoms with Crippen LogP contribution < -0.4 is 0 Å². The fourth-order valence-corrected chi connectivity index (χ4v) is 1.73. The molecule has 0 atom stereocenters. The van der Waals surface area contributed by atoms with Crippen molar-refractivity contribution in [2.75, 3.05) is 0 Å². The maximum absolute atomic E-state index is 10.9. The highest BCUT2D eigenvalue weighted by Gasteiger charge is 2.10. The molecule has 0 aliphatic heterocycles. The second-order valence-electron chi connectivity index (χ2n) is 3.73. The zero-order valence-corrected chi connectivity index (χ0v) is 9.21. The maximum Gasteiger partial charge on any atom is 0.352 e. The molecule has 0 aliphatic rings. The molecule has 2 heterocycles. The van der Waals surface area contributed by atoms with Crippen molar-refractivity contribution in [3.05, 3.63) is 41.5 Å². The van der Waals surface area contributed by atoms with Crippen LogP contribution in [-0.2, 0) is 13.6 Å². The monoisotopic (exact) mass is 219 g/mol. The van der Waals surface area contributed by atoms with Crippen molar-refractivity contribution >= 4 is 5.97 Å². The summed E-state index contributed by atoms with van der Waals surface area (Å²) in [6, 6.07) is 5.27. The minimum absolute atomic E-state index is 0.291. The lowest BCUT2D eigenvalue weighted by molar-refractivity contribution is 0.0685. The van der Waals surface area contributed by atoms with Gasteiger partial charge in [-0.3, -0.25) is 4.68 Å². The topological polar surface area (TPSA) is 60.1 Å². The van der Waals surface area contributed by atoms with Crippen LogP contribution in [0.4, 0.5) is 0 Å². The predicted molar refractivity (Wildman–Crippen MR) is 58.4 cm³/mol. The molecule has 0 radical (unpaired) electrons. The van der Waals surface area contributed by atoms with E-state index < -0.39 is 5.97 Å². The quantitative estimate of drug-likeness (QED) is 0.845. The largest absolute Gasteiger partial charge is 0.477 e. The van der Waals surface area contributed by atoms with Crippen LogP contribution in [0.5, 0.6) is 0 Å². The summed E-state index contributed by atoms with van der Waals surface area (Å²) in [5.41, 5.74) is 2.21. The smallest absolute Gasteiger partial charge is 0.352 e. The lowest BCUT2D eigenvalue weighted by atomic mass is 10.3. The first-order valence-corrected chi connectivity index (χ1v) is 4.96. The summed E-state index contributed by atoms with van der Waals surface area (Å²) >= 11 is 0. The van der Waals surface area contributed by atoms with Gasteiger partial charge in [-0.2, -0.15) is 5.10 Å². The number of aromatic carboxylic acids is 1. The minimum Gasteiger partial charge on any atom is -0.477 e. The molecule has 0 saturated heterocycles. The molecule has 0 spiro atoms. The number of hydrogen-bond donors (Lipinski definition) is 1. The van der Waals surface area contributed by atoms with Crippen LogP contribution in [0.15, 0.2) is 24.4 Å². The molecule has 5 heteroatoms. The van der Waals surface area contributed by atoms with Crippen LogP contribution in [0, 0.1) is 6.92 Å². The number of carbonyl (C=O) groups is 1. The van der Waals surface area contributed by atoms with Gasteiger partial charge in [0, 0.05) is 13.2 Å². The van der Waals surface area contributed by atoms with E-state index in [1.54, 1.807) is 27.6 Å². The molecule has 0 unspecified atom stereocenters. The molecule has 5 nitrogen and oxygen atoms in total. The summed E-state index contributed by atoms with van der Waals surface area (Å²) in [4.78, 5) is 10.9. The van der Waals surface area contributed by atoms with Crippen LogP contribution in [-0.4, -0.2) is 25.4 Å². The van der Waals surface area contributed by atoms with Gasteiger partial charge in [-0.15, -0.1) is 0 Å². The van der Waals surface area contributed by atoms with Crippen LogP contribution in [0.3, 0.4) is 0 Å². The highest BCUT2D eigenvalue weighted by molar-refractivity contribution is 5.85. The fourth-order valence-electron chi connectivity index (χ4n) is 1.73. The minimum atomic E-state index is -0.913. The Bertz CT molecular complexity index is 525. The molecular weight excluding hydrogens is 206 g/mol. The number of carboxylic acids is 1. The van der Waals surface area contributed by atoms with Crippen molar-refractivity contribution in [3.63, 3.8) is 0 Å². The number of hydrogen-bond acceptors (Lipinski definition) is 2. The third kappa shape index (κ3) is 1.84. The van der Waals surface area contributed by atoms with Crippen LogP contribution >= 0.6 is 0 Å². The third-order valence-electron chi connectivity index (χ3n) is 2.48. The van der Waals surface area contributed by atoms with Gasteiger partial charge in [0.2, 0.25) is 0 Å². The van der Waals surface area contributed by atoms with Crippen LogP contribution in [0.2, 0.25) is 0 Å². The molecule has 2 aromatic rings. The first-order chi connectivity index (χ1) is 7.58. The lowest BCUT2D eigenvalue weighted by Gasteiger charge is -2.06. The van der Waals surface area contributed by atoms with Crippen molar-refractivity contribution < 1.29 is 9.90 Å². The SMILES string of the molecule is Cc1cc(Cn2cccc2C(=O)O)n(C)n1. The summed E-state index contributed by atoms with van der Waals surface area (Å²) in [5, 5.41) is 13.2. The highest BCUT2D eigenvalue weighted by Crippen LogP contribution is 2.08. The van der Waals surface area contributed by atoms with Gasteiger partial charge in [0.25, 0.3) is 0 Å². The zero-order valence-electron chi connectivity index (χ0n) is 9.21. The Morgan fingerprint density at radius 1 is 1.56 bits per heavy atom. The molecule has 0 bridgehead atoms. The summed E-state index contributed by atoms with van der Waals surface area (Å²) in [6.45, 7) is 2.43. The molecule has 0 amide bonds. The van der Waals surface area contributed by atoms with Gasteiger partial charge >= 0.3 is 5.97 Å². The maximum atomic E-state index is 10.9. The number of carboxylic acid groups (broad SMARTS) is 1. The van der Waals surface area contributed by atoms with E-state index in [-0.39, 0.29) is 0 Å². The second-order valence-corrected chi connectivity index (χ2v) is 3.73. The number of aryl methyl sites for hydroxylation is 2. The van der Waals surface area contributed by atoms with Crippen LogP contribution in [0.1, 0.15) is 21.9 Å². The van der Waals surface area contributed by atoms with Gasteiger partial charge in [-0.1, -0.05) is 0 Å². The summed E-state index contributed by atoms with van der Waals surface area (Å²) < 4.78 is 3.46. The van der Waals surface area contributed by atoms with Gasteiger partial charge in [-0.25, -0.2) is 4.79 Å². The Balaban J connectivity index is 2.30. The standard InChI is InChI=1S/C11H13N3O2/c1-8-6-9(13(2)12-8)7-14-5-3-4-10(14)11(15)16/h3-6H,7H2,1-2H3,(H,15,16). The Labute approximate surface area is 92.9 Å². The zero-order chi connectivity index (χ0) is 11.7. The van der Waals surface area contributed by atoms with E-state index in [2.05, 4.69) is 5.10 Å². The van der Waals surface area contributed by atoms with Crippen molar-refractivity contribution in [1.29, 1.82) is 0 Å². The van der Waals surface area contributed by atoms with E-state index in [9.17, 15) is 4.79 Å². The number of rotatable bonds is 3. The summed E-state index contributed by atoms with van der Waals surface area (Å²) in [6.07, 6.45) is 1.76. The summed E-state index contributed by atoms with van der Waals surface area (Å²) in [5.74, 6) is -0.913. The van der Waals surface area contributed by atoms with Gasteiger partial charge in [0.15, 0.2) is 0 Å². The van der Waals surface area contributed by atoms with Crippen molar-refractivity contribution in [3.8, 4) is 0 Å². The molecule has 1 N–H and O–H groups in total. The predicted octanol–water partition coefficient (Wildman–Crippen LogP) is 1.28. The first-order valence-electron chi connectivity index (χ1n) is 4.96. The Kier molecular flexibility index (Phi) is 2.52. The molecule has 2 rings (SSSR count). The van der Waals surface area contributed by atoms with E-state index in [1.807, 2.05) is 20.0 Å². The van der Waals surface area contributed by atoms with Crippen molar-refractivity contribution in [2.45, 2.75) is 13.5 Å². The molecule has 2 aromatic heterocycles. The van der Waals surface area contributed by atoms with E-state index in [0.717, 1.165) is 11.4 Å². The van der Waals surface area contributed by atoms with Gasteiger partial charge < -0.3 is 9.67 Å². The van der Waals surface area contributed by atoms with Gasteiger partial charge in [0.1, 0.15) is 5.69 Å². The Morgan fingerprint density at radius 2 is 2.31 bits per heavy atom. The molecule has 0 saturated carbocycles. The van der Waals surface area contributed by atoms with E-state index >= 15 is 0 Å². The molecule has 0 fully saturated rings. The van der Waals surface area contributed by atoms with Crippen LogP contribution in [0.25, 0.3) is 0 Å². The normalized spacial score (nSPS) is 10.6. The molecule has 84 valence electrons. The summed E-state index contributed by atoms with van der Waals surface area (Å²) in [7, 11) is 1.85. The van der Waals surface area contributed by atoms with Crippen molar-refractivity contribution in [2.24, 2.45) is 7.05 Å². The lowest BCUT2D eigenvalue weighted by Crippen LogP contribution is -2.10. The van der Waals surface area contributed by atoms with E-state index in [4.69, 9.17) is 5.11 Å². The fraction of sp³-hybridized carbons (Fsp3) is 0.273. The Hall–Kier alpha value is -2.04. The molecule has 0 aromatic carbocycles. The number of nitrogens with zero attached hydrogens (tertiary/aromatic N) is 3. The van der Waals surface area contributed by atoms with Gasteiger partial charge in [0.05, 0.1) is 17.9 Å². The second kappa shape index (κ2) is 3.84. The van der Waals surface area contributed by atoms with E-state index in [1.165, 1.54) is 0 Å². The highest BCUT2D eigenvalue weighted by atomic mass is 16.4. The number of aromatic nitrogens is 3. The van der Waals surface area contributed by atoms with Crippen molar-refractivity contribution in [1.82, 2.24) is 14.3 Å². The molecular formula is C11H13N3O2. The van der Waals surface area contributed by atoms with E-state index in [0.29, 0.717) is 12.2 Å². The third-order valence-corrected chi connectivity index (χ3v) is 2.48. The van der Waals surface area contributed by atoms with Gasteiger partial charge in [-0.05, 0) is 25.1 Å².